The summed E-state index contributed by atoms with van der Waals surface area (Å²) in [5.74, 6) is -1.95. The highest BCUT2D eigenvalue weighted by atomic mass is 16.7. The number of nitrogens with zero attached hydrogens (tertiary/aromatic N) is 1. The normalized spacial score (nSPS) is 28.7. The van der Waals surface area contributed by atoms with Gasteiger partial charge in [-0.1, -0.05) is 0 Å². The molecule has 2 bridgehead atoms. The van der Waals surface area contributed by atoms with Crippen molar-refractivity contribution in [2.45, 2.75) is 12.5 Å². The summed E-state index contributed by atoms with van der Waals surface area (Å²) in [6.45, 7) is 0.260. The van der Waals surface area contributed by atoms with Gasteiger partial charge in [-0.05, 0) is 0 Å². The van der Waals surface area contributed by atoms with Crippen molar-refractivity contribution >= 4 is 17.8 Å². The van der Waals surface area contributed by atoms with Gasteiger partial charge in [-0.3, -0.25) is 4.79 Å². The third kappa shape index (κ3) is 1.46. The number of carbonyl (C=O) groups is 3. The van der Waals surface area contributed by atoms with Crippen LogP contribution in [0.1, 0.15) is 6.42 Å². The summed E-state index contributed by atoms with van der Waals surface area (Å²) >= 11 is 0. The van der Waals surface area contributed by atoms with Crippen molar-refractivity contribution < 1.29 is 24.0 Å². The monoisotopic (exact) mass is 197 g/mol. The summed E-state index contributed by atoms with van der Waals surface area (Å²) in [5, 5.41) is 0.913. The van der Waals surface area contributed by atoms with Crippen LogP contribution in [0.15, 0.2) is 12.2 Å². The molecule has 0 aromatic heterocycles. The molecular formula is C8H7NO5. The first kappa shape index (κ1) is 8.74. The molecule has 0 N–H and O–H groups in total. The predicted molar refractivity (Wildman–Crippen MR) is 41.4 cm³/mol. The SMILES string of the molecule is O=C1/C=C/C(=O)ON2CCC(O1)C2=O. The Hall–Kier alpha value is -1.85. The van der Waals surface area contributed by atoms with E-state index in [-0.39, 0.29) is 6.54 Å². The molecule has 1 fully saturated rings. The van der Waals surface area contributed by atoms with Gasteiger partial charge in [-0.15, -0.1) is 0 Å². The predicted octanol–water partition coefficient (Wildman–Crippen LogP) is -0.842. The fourth-order valence-electron chi connectivity index (χ4n) is 1.28. The van der Waals surface area contributed by atoms with Gasteiger partial charge in [0.1, 0.15) is 0 Å². The highest BCUT2D eigenvalue weighted by molar-refractivity contribution is 5.95. The zero-order valence-corrected chi connectivity index (χ0v) is 7.13. The fraction of sp³-hybridized carbons (Fsp3) is 0.375. The lowest BCUT2D eigenvalue weighted by atomic mass is 10.3. The van der Waals surface area contributed by atoms with Crippen LogP contribution in [0, 0.1) is 0 Å². The van der Waals surface area contributed by atoms with Crippen LogP contribution >= 0.6 is 0 Å². The number of esters is 1. The Kier molecular flexibility index (Phi) is 1.95. The van der Waals surface area contributed by atoms with E-state index in [2.05, 4.69) is 4.84 Å². The molecule has 0 spiro atoms. The Labute approximate surface area is 79.0 Å². The minimum Gasteiger partial charge on any atom is -0.449 e. The number of hydrogen-bond donors (Lipinski definition) is 0. The van der Waals surface area contributed by atoms with Crippen LogP contribution in [0.5, 0.6) is 0 Å². The van der Waals surface area contributed by atoms with E-state index in [4.69, 9.17) is 4.74 Å². The molecule has 1 unspecified atom stereocenters. The van der Waals surface area contributed by atoms with Gasteiger partial charge in [-0.25, -0.2) is 9.59 Å². The molecule has 0 aromatic carbocycles. The number of hydroxylamine groups is 2. The largest absolute Gasteiger partial charge is 0.449 e. The number of rotatable bonds is 0. The molecule has 2 aliphatic rings. The number of fused-ring (bicyclic) bond motifs is 2. The summed E-state index contributed by atoms with van der Waals surface area (Å²) in [7, 11) is 0. The van der Waals surface area contributed by atoms with Crippen molar-refractivity contribution in [2.24, 2.45) is 0 Å². The third-order valence-electron chi connectivity index (χ3n) is 1.93. The van der Waals surface area contributed by atoms with Crippen molar-refractivity contribution in [1.82, 2.24) is 5.06 Å². The van der Waals surface area contributed by atoms with Crippen molar-refractivity contribution in [3.05, 3.63) is 12.2 Å². The molecule has 0 aliphatic carbocycles. The minimum absolute atomic E-state index is 0.260. The van der Waals surface area contributed by atoms with Crippen LogP contribution in [0.2, 0.25) is 0 Å². The molecule has 0 radical (unpaired) electrons. The summed E-state index contributed by atoms with van der Waals surface area (Å²) in [4.78, 5) is 37.9. The Morgan fingerprint density at radius 3 is 2.71 bits per heavy atom. The van der Waals surface area contributed by atoms with Gasteiger partial charge in [0.25, 0.3) is 5.91 Å². The topological polar surface area (TPSA) is 72.9 Å². The maximum atomic E-state index is 11.3. The van der Waals surface area contributed by atoms with Gasteiger partial charge in [-0.2, -0.15) is 5.06 Å². The van der Waals surface area contributed by atoms with E-state index in [1.807, 2.05) is 0 Å². The van der Waals surface area contributed by atoms with Crippen LogP contribution < -0.4 is 0 Å². The second-order valence-electron chi connectivity index (χ2n) is 2.90. The van der Waals surface area contributed by atoms with Crippen molar-refractivity contribution in [3.8, 4) is 0 Å². The molecule has 2 rings (SSSR count). The highest BCUT2D eigenvalue weighted by Crippen LogP contribution is 2.16. The quantitative estimate of drug-likeness (QED) is 0.473. The van der Waals surface area contributed by atoms with Gasteiger partial charge in [0, 0.05) is 18.6 Å². The van der Waals surface area contributed by atoms with E-state index in [1.54, 1.807) is 0 Å². The highest BCUT2D eigenvalue weighted by Gasteiger charge is 2.37. The number of amides is 1. The van der Waals surface area contributed by atoms with Crippen LogP contribution in [0.4, 0.5) is 0 Å². The molecule has 1 saturated heterocycles. The van der Waals surface area contributed by atoms with E-state index in [1.165, 1.54) is 0 Å². The van der Waals surface area contributed by atoms with E-state index < -0.39 is 23.9 Å². The van der Waals surface area contributed by atoms with Crippen LogP contribution in [-0.2, 0) is 24.0 Å². The van der Waals surface area contributed by atoms with E-state index in [0.717, 1.165) is 17.2 Å². The van der Waals surface area contributed by atoms with Gasteiger partial charge < -0.3 is 9.57 Å². The average Bonchev–Trinajstić information content (AvgIpc) is 2.48. The number of hydrogen-bond acceptors (Lipinski definition) is 5. The third-order valence-corrected chi connectivity index (χ3v) is 1.93. The van der Waals surface area contributed by atoms with E-state index in [9.17, 15) is 14.4 Å². The lowest BCUT2D eigenvalue weighted by Crippen LogP contribution is -2.32. The first-order valence-corrected chi connectivity index (χ1v) is 4.09. The molecule has 0 saturated carbocycles. The summed E-state index contributed by atoms with van der Waals surface area (Å²) in [6, 6.07) is 0. The molecule has 2 aliphatic heterocycles. The molecule has 1 amide bonds. The van der Waals surface area contributed by atoms with Crippen molar-refractivity contribution in [1.29, 1.82) is 0 Å². The zero-order valence-electron chi connectivity index (χ0n) is 7.13. The lowest BCUT2D eigenvalue weighted by molar-refractivity contribution is -0.190. The smallest absolute Gasteiger partial charge is 0.356 e. The molecule has 6 nitrogen and oxygen atoms in total. The summed E-state index contributed by atoms with van der Waals surface area (Å²) in [6.07, 6.45) is 1.40. The second kappa shape index (κ2) is 3.13. The standard InChI is InChI=1S/C8H7NO5/c10-6-1-2-7(11)14-9-4-3-5(13-6)8(9)12/h1-2,5H,3-4H2/b2-1+. The molecule has 14 heavy (non-hydrogen) atoms. The Balaban J connectivity index is 2.25. The minimum atomic E-state index is -0.821. The maximum Gasteiger partial charge on any atom is 0.356 e. The van der Waals surface area contributed by atoms with Crippen molar-refractivity contribution in [2.75, 3.05) is 6.54 Å². The van der Waals surface area contributed by atoms with E-state index in [0.29, 0.717) is 6.42 Å². The Morgan fingerprint density at radius 1 is 1.21 bits per heavy atom. The summed E-state index contributed by atoms with van der Waals surface area (Å²) < 4.78 is 4.77. The number of ether oxygens (including phenoxy) is 1. The van der Waals surface area contributed by atoms with Gasteiger partial charge >= 0.3 is 11.9 Å². The zero-order chi connectivity index (χ0) is 10.1. The van der Waals surface area contributed by atoms with E-state index >= 15 is 0 Å². The van der Waals surface area contributed by atoms with Crippen molar-refractivity contribution in [3.63, 3.8) is 0 Å². The molecule has 2 heterocycles. The lowest BCUT2D eigenvalue weighted by Gasteiger charge is -2.12. The molecular weight excluding hydrogens is 190 g/mol. The van der Waals surface area contributed by atoms with Gasteiger partial charge in [0.05, 0.1) is 6.54 Å². The first-order valence-electron chi connectivity index (χ1n) is 4.09. The second-order valence-corrected chi connectivity index (χ2v) is 2.90. The molecule has 6 heteroatoms. The van der Waals surface area contributed by atoms with Crippen LogP contribution in [-0.4, -0.2) is 35.6 Å². The Morgan fingerprint density at radius 2 is 1.93 bits per heavy atom. The average molecular weight is 197 g/mol. The van der Waals surface area contributed by atoms with Crippen LogP contribution in [0.25, 0.3) is 0 Å². The van der Waals surface area contributed by atoms with Gasteiger partial charge in [0.15, 0.2) is 6.10 Å². The molecule has 74 valence electrons. The summed E-state index contributed by atoms with van der Waals surface area (Å²) in [5.41, 5.74) is 0. The Bertz CT molecular complexity index is 305. The maximum absolute atomic E-state index is 11.3. The van der Waals surface area contributed by atoms with Crippen LogP contribution in [0.3, 0.4) is 0 Å². The first-order chi connectivity index (χ1) is 6.66. The number of carbonyl (C=O) groups excluding carboxylic acids is 3. The fourth-order valence-corrected chi connectivity index (χ4v) is 1.28. The van der Waals surface area contributed by atoms with Gasteiger partial charge in [0.2, 0.25) is 0 Å². The molecule has 0 aromatic rings. The molecule has 1 atom stereocenters.